The second kappa shape index (κ2) is 13.8. The number of hydrogen-bond donors (Lipinski definition) is 0. The van der Waals surface area contributed by atoms with Crippen molar-refractivity contribution in [2.24, 2.45) is 5.92 Å². The molecule has 1 fully saturated rings. The minimum Gasteiger partial charge on any atom is -0.489 e. The molecule has 0 saturated heterocycles. The summed E-state index contributed by atoms with van der Waals surface area (Å²) in [4.78, 5) is 11.5. The number of para-hydroxylation sites is 1. The Morgan fingerprint density at radius 1 is 1.22 bits per heavy atom. The molecule has 198 valence electrons. The average Bonchev–Trinajstić information content (AvgIpc) is 3.38. The van der Waals surface area contributed by atoms with Crippen LogP contribution in [-0.2, 0) is 34.9 Å². The Labute approximate surface area is 214 Å². The van der Waals surface area contributed by atoms with Crippen molar-refractivity contribution in [1.82, 2.24) is 0 Å². The zero-order valence-electron chi connectivity index (χ0n) is 22.0. The van der Waals surface area contributed by atoms with Crippen molar-refractivity contribution >= 4 is 5.97 Å². The van der Waals surface area contributed by atoms with Crippen molar-refractivity contribution in [3.63, 3.8) is 0 Å². The molecule has 3 rings (SSSR count). The number of nitriles is 1. The highest BCUT2D eigenvalue weighted by molar-refractivity contribution is 5.69. The van der Waals surface area contributed by atoms with Crippen molar-refractivity contribution < 1.29 is 33.2 Å². The van der Waals surface area contributed by atoms with Crippen LogP contribution in [0.1, 0.15) is 64.0 Å². The molecule has 0 radical (unpaired) electrons. The van der Waals surface area contributed by atoms with Crippen LogP contribution in [0.2, 0.25) is 0 Å². The van der Waals surface area contributed by atoms with Gasteiger partial charge in [0.25, 0.3) is 0 Å². The van der Waals surface area contributed by atoms with E-state index in [2.05, 4.69) is 18.2 Å². The third-order valence-electron chi connectivity index (χ3n) is 6.66. The van der Waals surface area contributed by atoms with Crippen LogP contribution in [0.25, 0.3) is 0 Å². The SMILES string of the molecule is CCOC(C)OC(C#N)/C=C/[C@@H]1[C@H]2c3cccc(CCCC(=O)OC)c3O[C@H]2C[C@H]1OC(C)OCC. The van der Waals surface area contributed by atoms with E-state index in [0.29, 0.717) is 32.5 Å². The quantitative estimate of drug-likeness (QED) is 0.206. The molecule has 0 spiro atoms. The molecule has 1 aliphatic heterocycles. The van der Waals surface area contributed by atoms with Gasteiger partial charge in [0, 0.05) is 43.5 Å². The fourth-order valence-electron chi connectivity index (χ4n) is 5.16. The first-order valence-electron chi connectivity index (χ1n) is 12.9. The van der Waals surface area contributed by atoms with Gasteiger partial charge in [0.2, 0.25) is 0 Å². The maximum atomic E-state index is 11.5. The second-order valence-electron chi connectivity index (χ2n) is 9.05. The zero-order chi connectivity index (χ0) is 26.1. The number of hydrogen-bond acceptors (Lipinski definition) is 8. The lowest BCUT2D eigenvalue weighted by atomic mass is 9.86. The summed E-state index contributed by atoms with van der Waals surface area (Å²) in [6, 6.07) is 8.40. The van der Waals surface area contributed by atoms with Crippen LogP contribution in [0.15, 0.2) is 30.4 Å². The van der Waals surface area contributed by atoms with E-state index < -0.39 is 12.4 Å². The molecule has 2 aliphatic rings. The Morgan fingerprint density at radius 2 is 1.97 bits per heavy atom. The lowest BCUT2D eigenvalue weighted by Crippen LogP contribution is -2.27. The number of aryl methyl sites for hydroxylation is 1. The number of methoxy groups -OCH3 is 1. The summed E-state index contributed by atoms with van der Waals surface area (Å²) in [5.41, 5.74) is 2.23. The number of rotatable bonds is 14. The number of nitrogens with zero attached hydrogens (tertiary/aromatic N) is 1. The minimum atomic E-state index is -0.734. The lowest BCUT2D eigenvalue weighted by molar-refractivity contribution is -0.163. The van der Waals surface area contributed by atoms with Gasteiger partial charge in [-0.25, -0.2) is 0 Å². The molecular weight excluding hydrogens is 462 g/mol. The van der Waals surface area contributed by atoms with Crippen LogP contribution in [0, 0.1) is 17.2 Å². The number of carbonyl (C=O) groups is 1. The van der Waals surface area contributed by atoms with E-state index in [-0.39, 0.29) is 36.3 Å². The molecule has 8 nitrogen and oxygen atoms in total. The van der Waals surface area contributed by atoms with Crippen LogP contribution in [0.3, 0.4) is 0 Å². The van der Waals surface area contributed by atoms with Crippen LogP contribution in [-0.4, -0.2) is 57.2 Å². The molecule has 7 atom stereocenters. The third kappa shape index (κ3) is 7.07. The van der Waals surface area contributed by atoms with Gasteiger partial charge >= 0.3 is 5.97 Å². The summed E-state index contributed by atoms with van der Waals surface area (Å²) >= 11 is 0. The van der Waals surface area contributed by atoms with E-state index >= 15 is 0 Å². The zero-order valence-corrected chi connectivity index (χ0v) is 22.0. The molecule has 0 bridgehead atoms. The van der Waals surface area contributed by atoms with E-state index in [0.717, 1.165) is 23.3 Å². The van der Waals surface area contributed by atoms with Gasteiger partial charge in [-0.3, -0.25) is 4.79 Å². The molecule has 3 unspecified atom stereocenters. The highest BCUT2D eigenvalue weighted by atomic mass is 16.7. The Morgan fingerprint density at radius 3 is 2.67 bits per heavy atom. The van der Waals surface area contributed by atoms with Crippen LogP contribution >= 0.6 is 0 Å². The first kappa shape index (κ1) is 28.1. The van der Waals surface area contributed by atoms with Gasteiger partial charge in [0.05, 0.1) is 19.3 Å². The number of ether oxygens (including phenoxy) is 6. The predicted octanol–water partition coefficient (Wildman–Crippen LogP) is 4.66. The standard InChI is InChI=1S/C28H39NO7/c1-6-32-18(3)34-21(17-29)14-15-22-24(35-19(4)33-7-2)16-25-27(22)23-12-8-10-20(28(23)36-25)11-9-13-26(30)31-5/h8,10,12,14-15,18-19,21-22,24-25,27H,6-7,9,11,13,16H2,1-5H3/b15-14+/t18?,19?,21?,22-,24+,25-,27-/m0/s1. The normalized spacial score (nSPS) is 25.0. The molecule has 1 aromatic carbocycles. The van der Waals surface area contributed by atoms with Crippen LogP contribution in [0.5, 0.6) is 5.75 Å². The Bertz CT molecular complexity index is 927. The predicted molar refractivity (Wildman–Crippen MR) is 133 cm³/mol. The largest absolute Gasteiger partial charge is 0.489 e. The van der Waals surface area contributed by atoms with Gasteiger partial charge in [-0.1, -0.05) is 24.3 Å². The van der Waals surface area contributed by atoms with Crippen molar-refractivity contribution in [1.29, 1.82) is 5.26 Å². The topological polar surface area (TPSA) is 96.2 Å². The van der Waals surface area contributed by atoms with Gasteiger partial charge in [-0.2, -0.15) is 5.26 Å². The Hall–Kier alpha value is -2.44. The van der Waals surface area contributed by atoms with Gasteiger partial charge in [0.1, 0.15) is 11.9 Å². The second-order valence-corrected chi connectivity index (χ2v) is 9.05. The Kier molecular flexibility index (Phi) is 10.7. The van der Waals surface area contributed by atoms with Crippen molar-refractivity contribution in [2.45, 2.75) is 90.2 Å². The Balaban J connectivity index is 1.82. The van der Waals surface area contributed by atoms with Gasteiger partial charge in [-0.15, -0.1) is 0 Å². The van der Waals surface area contributed by atoms with Gasteiger partial charge in [-0.05, 0) is 52.2 Å². The van der Waals surface area contributed by atoms with Crippen molar-refractivity contribution in [3.05, 3.63) is 41.5 Å². The summed E-state index contributed by atoms with van der Waals surface area (Å²) in [7, 11) is 1.41. The van der Waals surface area contributed by atoms with Crippen LogP contribution < -0.4 is 4.74 Å². The molecule has 0 aromatic heterocycles. The van der Waals surface area contributed by atoms with E-state index in [1.165, 1.54) is 7.11 Å². The van der Waals surface area contributed by atoms with E-state index in [4.69, 9.17) is 28.4 Å². The number of fused-ring (bicyclic) bond motifs is 3. The first-order valence-corrected chi connectivity index (χ1v) is 12.9. The molecule has 0 amide bonds. The minimum absolute atomic E-state index is 0.0219. The van der Waals surface area contributed by atoms with E-state index in [9.17, 15) is 10.1 Å². The van der Waals surface area contributed by atoms with Crippen LogP contribution in [0.4, 0.5) is 0 Å². The molecule has 1 aromatic rings. The molecular formula is C28H39NO7. The van der Waals surface area contributed by atoms with Gasteiger partial charge in [0.15, 0.2) is 18.7 Å². The number of esters is 1. The van der Waals surface area contributed by atoms with Crippen molar-refractivity contribution in [3.8, 4) is 11.8 Å². The summed E-state index contributed by atoms with van der Waals surface area (Å²) in [5.74, 6) is 0.762. The summed E-state index contributed by atoms with van der Waals surface area (Å²) in [6.45, 7) is 8.59. The smallest absolute Gasteiger partial charge is 0.305 e. The first-order chi connectivity index (χ1) is 17.4. The number of carbonyl (C=O) groups excluding carboxylic acids is 1. The molecule has 36 heavy (non-hydrogen) atoms. The molecule has 1 aliphatic carbocycles. The highest BCUT2D eigenvalue weighted by Gasteiger charge is 2.50. The summed E-state index contributed by atoms with van der Waals surface area (Å²) < 4.78 is 34.3. The third-order valence-corrected chi connectivity index (χ3v) is 6.66. The number of benzene rings is 1. The maximum absolute atomic E-state index is 11.5. The molecule has 1 heterocycles. The summed E-state index contributed by atoms with van der Waals surface area (Å²) in [6.07, 6.45) is 4.61. The van der Waals surface area contributed by atoms with E-state index in [1.807, 2.05) is 32.9 Å². The maximum Gasteiger partial charge on any atom is 0.305 e. The highest BCUT2D eigenvalue weighted by Crippen LogP contribution is 2.53. The fraction of sp³-hybridized carbons (Fsp3) is 0.643. The average molecular weight is 502 g/mol. The van der Waals surface area contributed by atoms with Crippen molar-refractivity contribution in [2.75, 3.05) is 20.3 Å². The van der Waals surface area contributed by atoms with Gasteiger partial charge < -0.3 is 28.4 Å². The molecule has 8 heteroatoms. The summed E-state index contributed by atoms with van der Waals surface area (Å²) in [5, 5.41) is 9.63. The van der Waals surface area contributed by atoms with E-state index in [1.54, 1.807) is 13.0 Å². The fourth-order valence-corrected chi connectivity index (χ4v) is 5.16. The molecule has 1 saturated carbocycles. The lowest BCUT2D eigenvalue weighted by Gasteiger charge is -2.25. The monoisotopic (exact) mass is 501 g/mol. The molecule has 0 N–H and O–H groups in total.